The lowest BCUT2D eigenvalue weighted by Crippen LogP contribution is -2.42. The molecule has 1 aliphatic carbocycles. The Bertz CT molecular complexity index is 744. The van der Waals surface area contributed by atoms with Gasteiger partial charge in [-0.15, -0.1) is 0 Å². The quantitative estimate of drug-likeness (QED) is 0.313. The number of benzene rings is 1. The highest BCUT2D eigenvalue weighted by molar-refractivity contribution is 7.89. The number of nitrogens with one attached hydrogen (secondary N) is 3. The minimum atomic E-state index is -3.54. The van der Waals surface area contributed by atoms with Crippen LogP contribution in [0.25, 0.3) is 0 Å². The summed E-state index contributed by atoms with van der Waals surface area (Å²) in [7, 11) is -0.244. The molecular weight excluding hydrogens is 376 g/mol. The lowest BCUT2D eigenvalue weighted by molar-refractivity contribution is 0.204. The molecule has 1 aromatic rings. The maximum atomic E-state index is 12.3. The number of methoxy groups -OCH3 is 1. The summed E-state index contributed by atoms with van der Waals surface area (Å²) >= 11 is 0. The Morgan fingerprint density at radius 3 is 2.64 bits per heavy atom. The van der Waals surface area contributed by atoms with Crippen molar-refractivity contribution >= 4 is 16.0 Å². The highest BCUT2D eigenvalue weighted by Crippen LogP contribution is 2.40. The summed E-state index contributed by atoms with van der Waals surface area (Å²) in [6.45, 7) is 4.26. The van der Waals surface area contributed by atoms with Crippen LogP contribution in [0.4, 0.5) is 0 Å². The van der Waals surface area contributed by atoms with Crippen LogP contribution in [-0.4, -0.2) is 48.2 Å². The van der Waals surface area contributed by atoms with E-state index < -0.39 is 10.0 Å². The predicted molar refractivity (Wildman–Crippen MR) is 113 cm³/mol. The van der Waals surface area contributed by atoms with Crippen molar-refractivity contribution in [3.8, 4) is 0 Å². The average molecular weight is 411 g/mol. The zero-order chi connectivity index (χ0) is 20.5. The third kappa shape index (κ3) is 6.46. The molecule has 0 saturated heterocycles. The second-order valence-corrected chi connectivity index (χ2v) is 9.14. The predicted octanol–water partition coefficient (Wildman–Crippen LogP) is 2.25. The molecule has 0 aromatic heterocycles. The van der Waals surface area contributed by atoms with E-state index in [0.29, 0.717) is 18.6 Å². The molecule has 3 N–H and O–H groups in total. The summed E-state index contributed by atoms with van der Waals surface area (Å²) in [5, 5.41) is 6.73. The first-order chi connectivity index (χ1) is 13.4. The largest absolute Gasteiger partial charge is 0.383 e. The summed E-state index contributed by atoms with van der Waals surface area (Å²) in [5.41, 5.74) is 1.25. The van der Waals surface area contributed by atoms with E-state index in [1.54, 1.807) is 25.2 Å². The van der Waals surface area contributed by atoms with Crippen LogP contribution < -0.4 is 15.4 Å². The highest BCUT2D eigenvalue weighted by atomic mass is 32.2. The second-order valence-electron chi connectivity index (χ2n) is 7.38. The molecule has 1 aliphatic rings. The molecule has 0 radical (unpaired) electrons. The molecule has 1 fully saturated rings. The van der Waals surface area contributed by atoms with Crippen LogP contribution in [0.5, 0.6) is 0 Å². The number of nitrogens with zero attached hydrogens (tertiary/aromatic N) is 1. The zero-order valence-electron chi connectivity index (χ0n) is 17.3. The summed E-state index contributed by atoms with van der Waals surface area (Å²) < 4.78 is 32.1. The minimum absolute atomic E-state index is 0.247. The van der Waals surface area contributed by atoms with Crippen molar-refractivity contribution in [2.24, 2.45) is 10.4 Å². The van der Waals surface area contributed by atoms with Gasteiger partial charge in [-0.3, -0.25) is 4.99 Å². The van der Waals surface area contributed by atoms with Crippen LogP contribution in [0, 0.1) is 5.41 Å². The molecule has 0 unspecified atom stereocenters. The minimum Gasteiger partial charge on any atom is -0.383 e. The number of ether oxygens (including phenoxy) is 1. The molecule has 0 aliphatic heterocycles. The molecule has 1 saturated carbocycles. The SMILES string of the molecule is CCC1(CNC(=NC)NCc2cccc(S(=O)(=O)NCCOC)c2)CCCC1. The van der Waals surface area contributed by atoms with E-state index in [-0.39, 0.29) is 11.4 Å². The Morgan fingerprint density at radius 2 is 2.00 bits per heavy atom. The topological polar surface area (TPSA) is 91.8 Å². The van der Waals surface area contributed by atoms with Gasteiger partial charge in [0.2, 0.25) is 10.0 Å². The highest BCUT2D eigenvalue weighted by Gasteiger charge is 2.31. The van der Waals surface area contributed by atoms with E-state index in [0.717, 1.165) is 18.1 Å². The lowest BCUT2D eigenvalue weighted by Gasteiger charge is -2.28. The molecule has 28 heavy (non-hydrogen) atoms. The van der Waals surface area contributed by atoms with Crippen LogP contribution in [0.3, 0.4) is 0 Å². The van der Waals surface area contributed by atoms with Gasteiger partial charge in [0.05, 0.1) is 11.5 Å². The monoisotopic (exact) mass is 410 g/mol. The summed E-state index contributed by atoms with van der Waals surface area (Å²) in [4.78, 5) is 4.55. The molecule has 0 amide bonds. The van der Waals surface area contributed by atoms with E-state index in [4.69, 9.17) is 4.74 Å². The second kappa shape index (κ2) is 10.8. The zero-order valence-corrected chi connectivity index (χ0v) is 18.1. The fourth-order valence-electron chi connectivity index (χ4n) is 3.64. The van der Waals surface area contributed by atoms with Crippen molar-refractivity contribution in [1.82, 2.24) is 15.4 Å². The smallest absolute Gasteiger partial charge is 0.240 e. The van der Waals surface area contributed by atoms with Crippen LogP contribution in [0.1, 0.15) is 44.6 Å². The molecule has 0 heterocycles. The molecule has 8 heteroatoms. The van der Waals surface area contributed by atoms with Crippen LogP contribution >= 0.6 is 0 Å². The first-order valence-corrected chi connectivity index (χ1v) is 11.4. The summed E-state index contributed by atoms with van der Waals surface area (Å²) in [5.74, 6) is 0.742. The Morgan fingerprint density at radius 1 is 1.25 bits per heavy atom. The number of rotatable bonds is 10. The van der Waals surface area contributed by atoms with Crippen molar-refractivity contribution in [2.45, 2.75) is 50.5 Å². The Kier molecular flexibility index (Phi) is 8.72. The number of aliphatic imine (C=N–C) groups is 1. The van der Waals surface area contributed by atoms with Gasteiger partial charge in [-0.25, -0.2) is 13.1 Å². The van der Waals surface area contributed by atoms with Gasteiger partial charge in [0.15, 0.2) is 5.96 Å². The first-order valence-electron chi connectivity index (χ1n) is 9.97. The number of hydrogen-bond acceptors (Lipinski definition) is 4. The number of guanidine groups is 1. The van der Waals surface area contributed by atoms with E-state index in [1.807, 2.05) is 6.07 Å². The maximum Gasteiger partial charge on any atom is 0.240 e. The van der Waals surface area contributed by atoms with Gasteiger partial charge in [0.25, 0.3) is 0 Å². The van der Waals surface area contributed by atoms with Gasteiger partial charge >= 0.3 is 0 Å². The van der Waals surface area contributed by atoms with E-state index in [9.17, 15) is 8.42 Å². The van der Waals surface area contributed by atoms with Gasteiger partial charge in [-0.2, -0.15) is 0 Å². The fraction of sp³-hybridized carbons (Fsp3) is 0.650. The Hall–Kier alpha value is -1.64. The van der Waals surface area contributed by atoms with Gasteiger partial charge in [0, 0.05) is 33.8 Å². The van der Waals surface area contributed by atoms with Crippen molar-refractivity contribution in [1.29, 1.82) is 0 Å². The van der Waals surface area contributed by atoms with Gasteiger partial charge in [0.1, 0.15) is 0 Å². The van der Waals surface area contributed by atoms with Crippen molar-refractivity contribution in [2.75, 3.05) is 33.9 Å². The van der Waals surface area contributed by atoms with Crippen LogP contribution in [0.2, 0.25) is 0 Å². The Labute approximate surface area is 169 Å². The molecule has 1 aromatic carbocycles. The molecule has 7 nitrogen and oxygen atoms in total. The first kappa shape index (κ1) is 22.6. The van der Waals surface area contributed by atoms with E-state index >= 15 is 0 Å². The summed E-state index contributed by atoms with van der Waals surface area (Å²) in [6, 6.07) is 6.93. The molecule has 0 atom stereocenters. The maximum absolute atomic E-state index is 12.3. The molecular formula is C20H34N4O3S. The van der Waals surface area contributed by atoms with Crippen molar-refractivity contribution < 1.29 is 13.2 Å². The average Bonchev–Trinajstić information content (AvgIpc) is 3.18. The van der Waals surface area contributed by atoms with Gasteiger partial charge < -0.3 is 15.4 Å². The van der Waals surface area contributed by atoms with Crippen molar-refractivity contribution in [3.05, 3.63) is 29.8 Å². The van der Waals surface area contributed by atoms with E-state index in [1.165, 1.54) is 39.2 Å². The van der Waals surface area contributed by atoms with E-state index in [2.05, 4.69) is 27.3 Å². The molecule has 0 bridgehead atoms. The van der Waals surface area contributed by atoms with Crippen LogP contribution in [-0.2, 0) is 21.3 Å². The number of hydrogen-bond donors (Lipinski definition) is 3. The lowest BCUT2D eigenvalue weighted by atomic mass is 9.83. The van der Waals surface area contributed by atoms with Gasteiger partial charge in [-0.1, -0.05) is 31.9 Å². The fourth-order valence-corrected chi connectivity index (χ4v) is 4.72. The van der Waals surface area contributed by atoms with Crippen molar-refractivity contribution in [3.63, 3.8) is 0 Å². The Balaban J connectivity index is 1.92. The normalized spacial score (nSPS) is 16.9. The number of sulfonamides is 1. The molecule has 2 rings (SSSR count). The standard InChI is InChI=1S/C20H34N4O3S/c1-4-20(10-5-6-11-20)16-23-19(21-2)22-15-17-8-7-9-18(14-17)28(25,26)24-12-13-27-3/h7-9,14,24H,4-6,10-13,15-16H2,1-3H3,(H2,21,22,23). The third-order valence-electron chi connectivity index (χ3n) is 5.54. The summed E-state index contributed by atoms with van der Waals surface area (Å²) in [6.07, 6.45) is 6.32. The molecule has 0 spiro atoms. The van der Waals surface area contributed by atoms with Crippen LogP contribution in [0.15, 0.2) is 34.2 Å². The van der Waals surface area contributed by atoms with Gasteiger partial charge in [-0.05, 0) is 42.4 Å². The molecule has 158 valence electrons. The third-order valence-corrected chi connectivity index (χ3v) is 6.99.